The summed E-state index contributed by atoms with van der Waals surface area (Å²) in [5.74, 6) is -1.06. The summed E-state index contributed by atoms with van der Waals surface area (Å²) in [4.78, 5) is 12.3. The molecule has 6 nitrogen and oxygen atoms in total. The number of aryl methyl sites for hydroxylation is 2. The SMILES string of the molecule is Cc1ccc(C)c(-n2nnc(C(=O)Nc3ccccc3F)c2N)c1. The Morgan fingerprint density at radius 3 is 2.71 bits per heavy atom. The van der Waals surface area contributed by atoms with Crippen LogP contribution >= 0.6 is 0 Å². The smallest absolute Gasteiger partial charge is 0.280 e. The maximum Gasteiger partial charge on any atom is 0.280 e. The molecule has 7 heteroatoms. The van der Waals surface area contributed by atoms with Gasteiger partial charge in [0.2, 0.25) is 0 Å². The predicted octanol–water partition coefficient (Wildman–Crippen LogP) is 2.86. The zero-order valence-corrected chi connectivity index (χ0v) is 13.2. The second-order valence-corrected chi connectivity index (χ2v) is 5.46. The maximum absolute atomic E-state index is 13.6. The first-order valence-corrected chi connectivity index (χ1v) is 7.32. The molecule has 0 atom stereocenters. The highest BCUT2D eigenvalue weighted by molar-refractivity contribution is 6.05. The molecule has 2 aromatic carbocycles. The van der Waals surface area contributed by atoms with Crippen LogP contribution < -0.4 is 11.1 Å². The molecule has 0 aliphatic rings. The summed E-state index contributed by atoms with van der Waals surface area (Å²) >= 11 is 0. The molecule has 0 radical (unpaired) electrons. The molecule has 1 heterocycles. The Kier molecular flexibility index (Phi) is 3.99. The van der Waals surface area contributed by atoms with Crippen molar-refractivity contribution in [3.63, 3.8) is 0 Å². The topological polar surface area (TPSA) is 85.8 Å². The molecule has 24 heavy (non-hydrogen) atoms. The number of carbonyl (C=O) groups is 1. The van der Waals surface area contributed by atoms with Gasteiger partial charge in [0.05, 0.1) is 11.4 Å². The molecule has 0 bridgehead atoms. The van der Waals surface area contributed by atoms with E-state index in [0.29, 0.717) is 0 Å². The Morgan fingerprint density at radius 1 is 1.21 bits per heavy atom. The molecule has 0 aliphatic heterocycles. The van der Waals surface area contributed by atoms with Gasteiger partial charge in [0.15, 0.2) is 11.5 Å². The number of rotatable bonds is 3. The van der Waals surface area contributed by atoms with Crippen LogP contribution in [0.2, 0.25) is 0 Å². The van der Waals surface area contributed by atoms with Gasteiger partial charge in [-0.05, 0) is 43.2 Å². The maximum atomic E-state index is 13.6. The van der Waals surface area contributed by atoms with Crippen LogP contribution in [0.5, 0.6) is 0 Å². The average Bonchev–Trinajstić information content (AvgIpc) is 2.93. The summed E-state index contributed by atoms with van der Waals surface area (Å²) in [7, 11) is 0. The summed E-state index contributed by atoms with van der Waals surface area (Å²) in [6.07, 6.45) is 0. The molecule has 0 spiro atoms. The highest BCUT2D eigenvalue weighted by Crippen LogP contribution is 2.21. The molecule has 0 fully saturated rings. The molecular formula is C17H16FN5O. The highest BCUT2D eigenvalue weighted by atomic mass is 19.1. The minimum atomic E-state index is -0.617. The van der Waals surface area contributed by atoms with Crippen molar-refractivity contribution in [2.45, 2.75) is 13.8 Å². The van der Waals surface area contributed by atoms with E-state index >= 15 is 0 Å². The van der Waals surface area contributed by atoms with Gasteiger partial charge in [0, 0.05) is 0 Å². The van der Waals surface area contributed by atoms with Crippen LogP contribution in [0.1, 0.15) is 21.6 Å². The fourth-order valence-corrected chi connectivity index (χ4v) is 2.32. The molecule has 1 aromatic heterocycles. The minimum Gasteiger partial charge on any atom is -0.382 e. The number of carbonyl (C=O) groups excluding carboxylic acids is 1. The van der Waals surface area contributed by atoms with Crippen molar-refractivity contribution >= 4 is 17.4 Å². The van der Waals surface area contributed by atoms with E-state index in [4.69, 9.17) is 5.73 Å². The number of hydrogen-bond acceptors (Lipinski definition) is 4. The number of nitrogens with zero attached hydrogens (tertiary/aromatic N) is 3. The van der Waals surface area contributed by atoms with Crippen molar-refractivity contribution in [3.05, 3.63) is 65.1 Å². The third-order valence-electron chi connectivity index (χ3n) is 3.63. The van der Waals surface area contributed by atoms with Gasteiger partial charge in [0.25, 0.3) is 5.91 Å². The van der Waals surface area contributed by atoms with Gasteiger partial charge in [-0.3, -0.25) is 4.79 Å². The molecule has 3 N–H and O–H groups in total. The lowest BCUT2D eigenvalue weighted by Crippen LogP contribution is -2.16. The normalized spacial score (nSPS) is 10.6. The minimum absolute atomic E-state index is 0.0563. The predicted molar refractivity (Wildman–Crippen MR) is 89.6 cm³/mol. The van der Waals surface area contributed by atoms with Gasteiger partial charge in [-0.2, -0.15) is 4.68 Å². The number of benzene rings is 2. The van der Waals surface area contributed by atoms with E-state index in [2.05, 4.69) is 15.6 Å². The van der Waals surface area contributed by atoms with Crippen LogP contribution in [-0.4, -0.2) is 20.9 Å². The Hall–Kier alpha value is -3.22. The molecule has 0 unspecified atom stereocenters. The monoisotopic (exact) mass is 325 g/mol. The average molecular weight is 325 g/mol. The first-order valence-electron chi connectivity index (χ1n) is 7.32. The number of para-hydroxylation sites is 1. The van der Waals surface area contributed by atoms with E-state index in [1.54, 1.807) is 6.07 Å². The summed E-state index contributed by atoms with van der Waals surface area (Å²) in [5.41, 5.74) is 8.75. The lowest BCUT2D eigenvalue weighted by atomic mass is 10.1. The summed E-state index contributed by atoms with van der Waals surface area (Å²) < 4.78 is 15.0. The van der Waals surface area contributed by atoms with Crippen molar-refractivity contribution in [1.29, 1.82) is 0 Å². The summed E-state index contributed by atoms with van der Waals surface area (Å²) in [6.45, 7) is 3.86. The van der Waals surface area contributed by atoms with Gasteiger partial charge in [0.1, 0.15) is 5.82 Å². The van der Waals surface area contributed by atoms with E-state index in [0.717, 1.165) is 16.8 Å². The van der Waals surface area contributed by atoms with Crippen LogP contribution in [0, 0.1) is 19.7 Å². The number of halogens is 1. The zero-order valence-electron chi connectivity index (χ0n) is 13.2. The standard InChI is InChI=1S/C17H16FN5O/c1-10-7-8-11(2)14(9-10)23-16(19)15(21-22-23)17(24)20-13-6-4-3-5-12(13)18/h3-9H,19H2,1-2H3,(H,20,24). The van der Waals surface area contributed by atoms with Crippen molar-refractivity contribution in [2.24, 2.45) is 0 Å². The second kappa shape index (κ2) is 6.11. The van der Waals surface area contributed by atoms with Crippen molar-refractivity contribution in [3.8, 4) is 5.69 Å². The third kappa shape index (κ3) is 2.83. The molecular weight excluding hydrogens is 309 g/mol. The van der Waals surface area contributed by atoms with Crippen LogP contribution in [0.4, 0.5) is 15.9 Å². The first kappa shape index (κ1) is 15.7. The van der Waals surface area contributed by atoms with Crippen LogP contribution in [-0.2, 0) is 0 Å². The second-order valence-electron chi connectivity index (χ2n) is 5.46. The van der Waals surface area contributed by atoms with E-state index in [1.807, 2.05) is 32.0 Å². The molecule has 0 saturated heterocycles. The lowest BCUT2D eigenvalue weighted by Gasteiger charge is -2.08. The van der Waals surface area contributed by atoms with Crippen LogP contribution in [0.15, 0.2) is 42.5 Å². The Labute approximate surface area is 138 Å². The molecule has 122 valence electrons. The quantitative estimate of drug-likeness (QED) is 0.775. The number of nitrogen functional groups attached to an aromatic ring is 1. The van der Waals surface area contributed by atoms with Crippen LogP contribution in [0.3, 0.4) is 0 Å². The van der Waals surface area contributed by atoms with E-state index in [-0.39, 0.29) is 17.2 Å². The number of aromatic nitrogens is 3. The molecule has 3 rings (SSSR count). The van der Waals surface area contributed by atoms with Gasteiger partial charge in [-0.1, -0.05) is 29.5 Å². The van der Waals surface area contributed by atoms with Crippen molar-refractivity contribution in [1.82, 2.24) is 15.0 Å². The van der Waals surface area contributed by atoms with Gasteiger partial charge >= 0.3 is 0 Å². The molecule has 3 aromatic rings. The van der Waals surface area contributed by atoms with Gasteiger partial charge in [-0.15, -0.1) is 5.10 Å². The molecule has 1 amide bonds. The van der Waals surface area contributed by atoms with Gasteiger partial charge in [-0.25, -0.2) is 4.39 Å². The fourth-order valence-electron chi connectivity index (χ4n) is 2.32. The fraction of sp³-hybridized carbons (Fsp3) is 0.118. The Morgan fingerprint density at radius 2 is 1.96 bits per heavy atom. The first-order chi connectivity index (χ1) is 11.5. The number of amides is 1. The Balaban J connectivity index is 1.94. The largest absolute Gasteiger partial charge is 0.382 e. The zero-order chi connectivity index (χ0) is 17.3. The molecule has 0 aliphatic carbocycles. The molecule has 0 saturated carbocycles. The number of nitrogens with two attached hydrogens (primary N) is 1. The Bertz CT molecular complexity index is 919. The lowest BCUT2D eigenvalue weighted by molar-refractivity contribution is 0.102. The third-order valence-corrected chi connectivity index (χ3v) is 3.63. The summed E-state index contributed by atoms with van der Waals surface area (Å²) in [6, 6.07) is 11.7. The van der Waals surface area contributed by atoms with Crippen LogP contribution in [0.25, 0.3) is 5.69 Å². The van der Waals surface area contributed by atoms with E-state index < -0.39 is 11.7 Å². The van der Waals surface area contributed by atoms with Crippen molar-refractivity contribution < 1.29 is 9.18 Å². The number of anilines is 2. The van der Waals surface area contributed by atoms with Crippen molar-refractivity contribution in [2.75, 3.05) is 11.1 Å². The van der Waals surface area contributed by atoms with E-state index in [1.165, 1.54) is 22.9 Å². The van der Waals surface area contributed by atoms with E-state index in [9.17, 15) is 9.18 Å². The number of hydrogen-bond donors (Lipinski definition) is 2. The number of nitrogens with one attached hydrogen (secondary N) is 1. The van der Waals surface area contributed by atoms with Gasteiger partial charge < -0.3 is 11.1 Å². The highest BCUT2D eigenvalue weighted by Gasteiger charge is 2.20. The summed E-state index contributed by atoms with van der Waals surface area (Å²) in [5, 5.41) is 10.3.